The van der Waals surface area contributed by atoms with Crippen LogP contribution < -0.4 is 5.32 Å². The first-order chi connectivity index (χ1) is 11.6. The minimum absolute atomic E-state index is 0.0390. The van der Waals surface area contributed by atoms with Gasteiger partial charge in [-0.3, -0.25) is 0 Å². The normalized spacial score (nSPS) is 11.2. The van der Waals surface area contributed by atoms with Crippen molar-refractivity contribution in [1.82, 2.24) is 0 Å². The summed E-state index contributed by atoms with van der Waals surface area (Å²) in [5, 5.41) is 22.7. The molecule has 0 fully saturated rings. The van der Waals surface area contributed by atoms with E-state index in [0.717, 1.165) is 12.1 Å². The third-order valence-corrected chi connectivity index (χ3v) is 3.49. The Morgan fingerprint density at radius 2 is 1.92 bits per heavy atom. The van der Waals surface area contributed by atoms with E-state index in [4.69, 9.17) is 16.3 Å². The molecule has 0 heterocycles. The van der Waals surface area contributed by atoms with Gasteiger partial charge in [-0.15, -0.1) is 0 Å². The van der Waals surface area contributed by atoms with E-state index in [1.165, 1.54) is 12.1 Å². The molecular weight excluding hydrogens is 349 g/mol. The SMILES string of the molecule is CC(C)(C)OC(=O)c1ccc(NCc2cc(F)cc(Cl)c2O)cc1O. The zero-order valence-electron chi connectivity index (χ0n) is 14.1. The number of halogens is 2. The largest absolute Gasteiger partial charge is 0.507 e. The summed E-state index contributed by atoms with van der Waals surface area (Å²) in [5.41, 5.74) is 0.108. The lowest BCUT2D eigenvalue weighted by atomic mass is 10.1. The number of benzene rings is 2. The molecule has 0 amide bonds. The molecule has 0 bridgehead atoms. The van der Waals surface area contributed by atoms with E-state index in [0.29, 0.717) is 5.69 Å². The number of ether oxygens (including phenoxy) is 1. The van der Waals surface area contributed by atoms with Crippen LogP contribution >= 0.6 is 11.6 Å². The molecule has 0 aliphatic carbocycles. The van der Waals surface area contributed by atoms with Gasteiger partial charge in [-0.25, -0.2) is 9.18 Å². The van der Waals surface area contributed by atoms with Crippen molar-refractivity contribution in [2.75, 3.05) is 5.32 Å². The highest BCUT2D eigenvalue weighted by Crippen LogP contribution is 2.30. The van der Waals surface area contributed by atoms with Crippen LogP contribution in [0.1, 0.15) is 36.7 Å². The number of aromatic hydroxyl groups is 2. The Hall–Kier alpha value is -2.47. The number of hydrogen-bond donors (Lipinski definition) is 3. The second-order valence-electron chi connectivity index (χ2n) is 6.48. The number of carbonyl (C=O) groups excluding carboxylic acids is 1. The second-order valence-corrected chi connectivity index (χ2v) is 6.89. The molecule has 2 aromatic carbocycles. The fourth-order valence-electron chi connectivity index (χ4n) is 2.10. The zero-order valence-corrected chi connectivity index (χ0v) is 14.8. The molecule has 134 valence electrons. The van der Waals surface area contributed by atoms with Gasteiger partial charge in [-0.2, -0.15) is 0 Å². The average molecular weight is 368 g/mol. The predicted molar refractivity (Wildman–Crippen MR) is 93.7 cm³/mol. The van der Waals surface area contributed by atoms with Crippen LogP contribution in [0.25, 0.3) is 0 Å². The number of phenolic OH excluding ortho intramolecular Hbond substituents is 2. The molecule has 0 spiro atoms. The molecule has 0 radical (unpaired) electrons. The minimum Gasteiger partial charge on any atom is -0.507 e. The number of nitrogens with one attached hydrogen (secondary N) is 1. The molecule has 0 unspecified atom stereocenters. The molecule has 0 aliphatic rings. The Bertz CT molecular complexity index is 802. The molecule has 25 heavy (non-hydrogen) atoms. The summed E-state index contributed by atoms with van der Waals surface area (Å²) in [4.78, 5) is 12.0. The van der Waals surface area contributed by atoms with Crippen LogP contribution in [0, 0.1) is 5.82 Å². The van der Waals surface area contributed by atoms with Crippen LogP contribution in [0.2, 0.25) is 5.02 Å². The van der Waals surface area contributed by atoms with Gasteiger partial charge in [0.15, 0.2) is 0 Å². The zero-order chi connectivity index (χ0) is 18.8. The number of esters is 1. The third-order valence-electron chi connectivity index (χ3n) is 3.21. The van der Waals surface area contributed by atoms with Crippen molar-refractivity contribution in [2.45, 2.75) is 32.9 Å². The van der Waals surface area contributed by atoms with Crippen LogP contribution in [-0.4, -0.2) is 21.8 Å². The second kappa shape index (κ2) is 7.19. The number of anilines is 1. The fourth-order valence-corrected chi connectivity index (χ4v) is 2.32. The molecule has 3 N–H and O–H groups in total. The summed E-state index contributed by atoms with van der Waals surface area (Å²) in [5.74, 6) is -1.67. The maximum atomic E-state index is 13.4. The monoisotopic (exact) mass is 367 g/mol. The van der Waals surface area contributed by atoms with Gasteiger partial charge in [0.05, 0.1) is 5.02 Å². The molecule has 5 nitrogen and oxygen atoms in total. The van der Waals surface area contributed by atoms with Crippen LogP contribution in [-0.2, 0) is 11.3 Å². The summed E-state index contributed by atoms with van der Waals surface area (Å²) in [6, 6.07) is 6.50. The molecule has 0 atom stereocenters. The number of carbonyl (C=O) groups is 1. The van der Waals surface area contributed by atoms with Crippen molar-refractivity contribution < 1.29 is 24.1 Å². The first-order valence-corrected chi connectivity index (χ1v) is 7.92. The van der Waals surface area contributed by atoms with E-state index in [-0.39, 0.29) is 34.2 Å². The highest BCUT2D eigenvalue weighted by molar-refractivity contribution is 6.32. The van der Waals surface area contributed by atoms with E-state index < -0.39 is 17.4 Å². The van der Waals surface area contributed by atoms with Crippen molar-refractivity contribution in [1.29, 1.82) is 0 Å². The van der Waals surface area contributed by atoms with Gasteiger partial charge < -0.3 is 20.3 Å². The van der Waals surface area contributed by atoms with E-state index in [1.54, 1.807) is 26.8 Å². The summed E-state index contributed by atoms with van der Waals surface area (Å²) >= 11 is 5.73. The number of rotatable bonds is 4. The average Bonchev–Trinajstić information content (AvgIpc) is 2.47. The summed E-state index contributed by atoms with van der Waals surface area (Å²) in [7, 11) is 0. The van der Waals surface area contributed by atoms with Gasteiger partial charge in [-0.05, 0) is 45.0 Å². The smallest absolute Gasteiger partial charge is 0.342 e. The predicted octanol–water partition coefficient (Wildman–Crippen LogP) is 4.46. The minimum atomic E-state index is -0.672. The third kappa shape index (κ3) is 5.00. The summed E-state index contributed by atoms with van der Waals surface area (Å²) in [6.45, 7) is 5.27. The maximum Gasteiger partial charge on any atom is 0.342 e. The Morgan fingerprint density at radius 1 is 1.24 bits per heavy atom. The first kappa shape index (κ1) is 18.9. The molecule has 0 aliphatic heterocycles. The van der Waals surface area contributed by atoms with Crippen molar-refractivity contribution in [3.05, 3.63) is 52.3 Å². The lowest BCUT2D eigenvalue weighted by molar-refractivity contribution is 0.00668. The van der Waals surface area contributed by atoms with E-state index >= 15 is 0 Å². The van der Waals surface area contributed by atoms with Gasteiger partial charge in [0.2, 0.25) is 0 Å². The molecule has 7 heteroatoms. The van der Waals surface area contributed by atoms with Crippen LogP contribution in [0.15, 0.2) is 30.3 Å². The van der Waals surface area contributed by atoms with Crippen molar-refractivity contribution in [2.24, 2.45) is 0 Å². The lowest BCUT2D eigenvalue weighted by Crippen LogP contribution is -2.23. The first-order valence-electron chi connectivity index (χ1n) is 7.54. The topological polar surface area (TPSA) is 78.8 Å². The van der Waals surface area contributed by atoms with E-state index in [1.807, 2.05) is 0 Å². The van der Waals surface area contributed by atoms with Gasteiger partial charge >= 0.3 is 5.97 Å². The standard InChI is InChI=1S/C18H19ClFNO4/c1-18(2,3)25-17(24)13-5-4-12(8-15(13)22)21-9-10-6-11(20)7-14(19)16(10)23/h4-8,21-23H,9H2,1-3H3. The quantitative estimate of drug-likeness (QED) is 0.695. The maximum absolute atomic E-state index is 13.4. The van der Waals surface area contributed by atoms with E-state index in [9.17, 15) is 19.4 Å². The highest BCUT2D eigenvalue weighted by Gasteiger charge is 2.20. The van der Waals surface area contributed by atoms with Crippen LogP contribution in [0.3, 0.4) is 0 Å². The van der Waals surface area contributed by atoms with Gasteiger partial charge in [0.1, 0.15) is 28.5 Å². The Balaban J connectivity index is 2.13. The van der Waals surface area contributed by atoms with Crippen molar-refractivity contribution >= 4 is 23.3 Å². The van der Waals surface area contributed by atoms with Gasteiger partial charge in [0, 0.05) is 23.9 Å². The Kier molecular flexibility index (Phi) is 5.42. The van der Waals surface area contributed by atoms with Crippen LogP contribution in [0.5, 0.6) is 11.5 Å². The Labute approximate surface area is 150 Å². The van der Waals surface area contributed by atoms with Gasteiger partial charge in [-0.1, -0.05) is 11.6 Å². The molecular formula is C18H19ClFNO4. The van der Waals surface area contributed by atoms with Gasteiger partial charge in [0.25, 0.3) is 0 Å². The summed E-state index contributed by atoms with van der Waals surface area (Å²) in [6.07, 6.45) is 0. The molecule has 2 rings (SSSR count). The number of phenols is 2. The van der Waals surface area contributed by atoms with Crippen molar-refractivity contribution in [3.63, 3.8) is 0 Å². The molecule has 0 saturated carbocycles. The number of hydrogen-bond acceptors (Lipinski definition) is 5. The van der Waals surface area contributed by atoms with Crippen LogP contribution in [0.4, 0.5) is 10.1 Å². The highest BCUT2D eigenvalue weighted by atomic mass is 35.5. The van der Waals surface area contributed by atoms with Crippen molar-refractivity contribution in [3.8, 4) is 11.5 Å². The Morgan fingerprint density at radius 3 is 2.52 bits per heavy atom. The van der Waals surface area contributed by atoms with E-state index in [2.05, 4.69) is 5.32 Å². The lowest BCUT2D eigenvalue weighted by Gasteiger charge is -2.20. The molecule has 0 saturated heterocycles. The fraction of sp³-hybridized carbons (Fsp3) is 0.278. The molecule has 2 aromatic rings. The summed E-state index contributed by atoms with van der Waals surface area (Å²) < 4.78 is 18.6. The molecule has 0 aromatic heterocycles.